The number of aromatic nitrogens is 1. The van der Waals surface area contributed by atoms with Crippen LogP contribution in [-0.4, -0.2) is 69.3 Å². The van der Waals surface area contributed by atoms with Gasteiger partial charge in [0.25, 0.3) is 0 Å². The van der Waals surface area contributed by atoms with Gasteiger partial charge in [0.1, 0.15) is 0 Å². The van der Waals surface area contributed by atoms with Gasteiger partial charge in [0.15, 0.2) is 15.0 Å². The first-order valence-corrected chi connectivity index (χ1v) is 13.1. The number of fused-ring (bicyclic) bond motifs is 1. The van der Waals surface area contributed by atoms with E-state index in [-0.39, 0.29) is 23.8 Å². The van der Waals surface area contributed by atoms with Crippen LogP contribution < -0.4 is 10.6 Å². The second kappa shape index (κ2) is 9.86. The standard InChI is InChI=1S/C22H24N4O5S2/c1-33(29,30)17-4-2-3-15(13-17)16-5-6-18-19(14-16)32-22(24-18)25-21(28)23-8-7-20(27)26-9-11-31-12-10-26/h2-6,13-14H,7-12H2,1H3,(H2,23,24,25,28). The first kappa shape index (κ1) is 23.1. The Kier molecular flexibility index (Phi) is 6.91. The lowest BCUT2D eigenvalue weighted by atomic mass is 10.1. The van der Waals surface area contributed by atoms with Gasteiger partial charge in [-0.3, -0.25) is 10.1 Å². The second-order valence-electron chi connectivity index (χ2n) is 7.63. The number of nitrogens with zero attached hydrogens (tertiary/aromatic N) is 2. The third-order valence-corrected chi connectivity index (χ3v) is 7.24. The van der Waals surface area contributed by atoms with Gasteiger partial charge < -0.3 is 15.0 Å². The minimum absolute atomic E-state index is 0.00828. The van der Waals surface area contributed by atoms with Gasteiger partial charge in [0.05, 0.1) is 28.3 Å². The average molecular weight is 489 g/mol. The van der Waals surface area contributed by atoms with Gasteiger partial charge in [-0.1, -0.05) is 29.5 Å². The van der Waals surface area contributed by atoms with Crippen LogP contribution in [0, 0.1) is 0 Å². The lowest BCUT2D eigenvalue weighted by molar-refractivity contribution is -0.135. The summed E-state index contributed by atoms with van der Waals surface area (Å²) >= 11 is 1.32. The number of rotatable bonds is 6. The molecule has 2 aromatic carbocycles. The number of morpholine rings is 1. The van der Waals surface area contributed by atoms with E-state index in [1.54, 1.807) is 23.1 Å². The average Bonchev–Trinajstić information content (AvgIpc) is 3.20. The summed E-state index contributed by atoms with van der Waals surface area (Å²) in [5, 5.41) is 5.82. The molecule has 0 bridgehead atoms. The van der Waals surface area contributed by atoms with Crippen LogP contribution in [0.4, 0.5) is 9.93 Å². The highest BCUT2D eigenvalue weighted by Crippen LogP contribution is 2.31. The van der Waals surface area contributed by atoms with Crippen LogP contribution in [0.5, 0.6) is 0 Å². The fourth-order valence-electron chi connectivity index (χ4n) is 3.46. The van der Waals surface area contributed by atoms with Crippen LogP contribution >= 0.6 is 11.3 Å². The van der Waals surface area contributed by atoms with Gasteiger partial charge in [-0.15, -0.1) is 0 Å². The predicted molar refractivity (Wildman–Crippen MR) is 127 cm³/mol. The fraction of sp³-hybridized carbons (Fsp3) is 0.318. The normalized spacial score (nSPS) is 14.3. The summed E-state index contributed by atoms with van der Waals surface area (Å²) in [4.78, 5) is 30.8. The van der Waals surface area contributed by atoms with Crippen molar-refractivity contribution in [1.82, 2.24) is 15.2 Å². The van der Waals surface area contributed by atoms with Gasteiger partial charge in [-0.25, -0.2) is 18.2 Å². The van der Waals surface area contributed by atoms with Gasteiger partial charge >= 0.3 is 6.03 Å². The lowest BCUT2D eigenvalue weighted by Crippen LogP contribution is -2.42. The number of carbonyl (C=O) groups excluding carboxylic acids is 2. The molecular weight excluding hydrogens is 464 g/mol. The third-order valence-electron chi connectivity index (χ3n) is 5.19. The summed E-state index contributed by atoms with van der Waals surface area (Å²) < 4.78 is 29.8. The summed E-state index contributed by atoms with van der Waals surface area (Å²) in [7, 11) is -3.30. The number of anilines is 1. The molecule has 1 aliphatic rings. The molecule has 0 radical (unpaired) electrons. The number of benzene rings is 2. The number of hydrogen-bond donors (Lipinski definition) is 2. The molecule has 0 unspecified atom stereocenters. The summed E-state index contributed by atoms with van der Waals surface area (Å²) in [6.07, 6.45) is 1.41. The zero-order chi connectivity index (χ0) is 23.4. The van der Waals surface area contributed by atoms with Crippen molar-refractivity contribution in [2.45, 2.75) is 11.3 Å². The van der Waals surface area contributed by atoms with Crippen molar-refractivity contribution in [2.75, 3.05) is 44.4 Å². The Morgan fingerprint density at radius 3 is 2.64 bits per heavy atom. The molecule has 11 heteroatoms. The van der Waals surface area contributed by atoms with Crippen molar-refractivity contribution in [1.29, 1.82) is 0 Å². The minimum Gasteiger partial charge on any atom is -0.378 e. The Morgan fingerprint density at radius 2 is 1.88 bits per heavy atom. The Balaban J connectivity index is 1.37. The van der Waals surface area contributed by atoms with Crippen molar-refractivity contribution in [3.8, 4) is 11.1 Å². The molecule has 9 nitrogen and oxygen atoms in total. The number of amides is 3. The maximum atomic E-state index is 12.2. The van der Waals surface area contributed by atoms with Crippen LogP contribution in [0.1, 0.15) is 6.42 Å². The van der Waals surface area contributed by atoms with E-state index >= 15 is 0 Å². The van der Waals surface area contributed by atoms with Crippen LogP contribution in [0.2, 0.25) is 0 Å². The summed E-state index contributed by atoms with van der Waals surface area (Å²) in [6.45, 7) is 2.48. The SMILES string of the molecule is CS(=O)(=O)c1cccc(-c2ccc3nc(NC(=O)NCCC(=O)N4CCOCC4)sc3c2)c1. The molecule has 3 amide bonds. The predicted octanol–water partition coefficient (Wildman–Crippen LogP) is 2.74. The molecule has 33 heavy (non-hydrogen) atoms. The Hall–Kier alpha value is -3.02. The largest absolute Gasteiger partial charge is 0.378 e. The molecular formula is C22H24N4O5S2. The summed E-state index contributed by atoms with van der Waals surface area (Å²) in [5.74, 6) is -0.00828. The quantitative estimate of drug-likeness (QED) is 0.551. The third kappa shape index (κ3) is 5.86. The topological polar surface area (TPSA) is 118 Å². The number of nitrogens with one attached hydrogen (secondary N) is 2. The highest BCUT2D eigenvalue weighted by atomic mass is 32.2. The molecule has 3 aromatic rings. The van der Waals surface area contributed by atoms with Gasteiger partial charge in [-0.05, 0) is 35.4 Å². The zero-order valence-electron chi connectivity index (χ0n) is 18.0. The summed E-state index contributed by atoms with van der Waals surface area (Å²) in [5.41, 5.74) is 2.36. The maximum Gasteiger partial charge on any atom is 0.321 e. The van der Waals surface area contributed by atoms with Crippen molar-refractivity contribution < 1.29 is 22.7 Å². The number of sulfone groups is 1. The van der Waals surface area contributed by atoms with Gasteiger partial charge in [0.2, 0.25) is 5.91 Å². The van der Waals surface area contributed by atoms with E-state index in [4.69, 9.17) is 4.74 Å². The smallest absolute Gasteiger partial charge is 0.321 e. The monoisotopic (exact) mass is 488 g/mol. The molecule has 1 aromatic heterocycles. The summed E-state index contributed by atoms with van der Waals surface area (Å²) in [6, 6.07) is 12.0. The van der Waals surface area contributed by atoms with Crippen LogP contribution in [0.3, 0.4) is 0 Å². The number of carbonyl (C=O) groups is 2. The number of thiazole rings is 1. The second-order valence-corrected chi connectivity index (χ2v) is 10.7. The molecule has 0 saturated carbocycles. The molecule has 4 rings (SSSR count). The highest BCUT2D eigenvalue weighted by molar-refractivity contribution is 7.90. The van der Waals surface area contributed by atoms with Crippen LogP contribution in [0.25, 0.3) is 21.3 Å². The molecule has 1 saturated heterocycles. The highest BCUT2D eigenvalue weighted by Gasteiger charge is 2.17. The minimum atomic E-state index is -3.30. The Morgan fingerprint density at radius 1 is 1.12 bits per heavy atom. The van der Waals surface area contributed by atoms with Gasteiger partial charge in [-0.2, -0.15) is 0 Å². The molecule has 2 N–H and O–H groups in total. The zero-order valence-corrected chi connectivity index (χ0v) is 19.7. The first-order chi connectivity index (χ1) is 15.8. The molecule has 0 aliphatic carbocycles. The molecule has 0 spiro atoms. The number of hydrogen-bond acceptors (Lipinski definition) is 7. The van der Waals surface area contributed by atoms with Gasteiger partial charge in [0, 0.05) is 32.3 Å². The van der Waals surface area contributed by atoms with E-state index in [0.29, 0.717) is 31.4 Å². The van der Waals surface area contributed by atoms with Crippen molar-refractivity contribution in [2.24, 2.45) is 0 Å². The van der Waals surface area contributed by atoms with E-state index in [1.807, 2.05) is 24.3 Å². The van der Waals surface area contributed by atoms with E-state index in [2.05, 4.69) is 15.6 Å². The molecule has 1 fully saturated rings. The van der Waals surface area contributed by atoms with E-state index < -0.39 is 15.9 Å². The van der Waals surface area contributed by atoms with Crippen molar-refractivity contribution in [3.05, 3.63) is 42.5 Å². The molecule has 1 aliphatic heterocycles. The lowest BCUT2D eigenvalue weighted by Gasteiger charge is -2.26. The number of ether oxygens (including phenoxy) is 1. The first-order valence-electron chi connectivity index (χ1n) is 10.4. The van der Waals surface area contributed by atoms with Crippen LogP contribution in [0.15, 0.2) is 47.4 Å². The van der Waals surface area contributed by atoms with E-state index in [1.165, 1.54) is 17.6 Å². The fourth-order valence-corrected chi connectivity index (χ4v) is 5.03. The van der Waals surface area contributed by atoms with Crippen molar-refractivity contribution in [3.63, 3.8) is 0 Å². The van der Waals surface area contributed by atoms with E-state index in [0.717, 1.165) is 21.3 Å². The molecule has 174 valence electrons. The molecule has 2 heterocycles. The number of urea groups is 1. The maximum absolute atomic E-state index is 12.2. The van der Waals surface area contributed by atoms with Crippen molar-refractivity contribution >= 4 is 48.5 Å². The Labute approximate surface area is 195 Å². The Bertz CT molecular complexity index is 1280. The van der Waals surface area contributed by atoms with E-state index in [9.17, 15) is 18.0 Å². The van der Waals surface area contributed by atoms with Crippen LogP contribution in [-0.2, 0) is 19.4 Å². The molecule has 0 atom stereocenters.